The number of imidazole rings is 1. The minimum Gasteiger partial charge on any atom is -0.478 e. The molecule has 13 nitrogen and oxygen atoms in total. The molecular formula is C30H22Cl3N9O4. The first kappa shape index (κ1) is 30.9. The summed E-state index contributed by atoms with van der Waals surface area (Å²) in [6.07, 6.45) is 7.35. The van der Waals surface area contributed by atoms with E-state index in [-0.39, 0.29) is 29.4 Å². The molecule has 0 bridgehead atoms. The highest BCUT2D eigenvalue weighted by Crippen LogP contribution is 2.34. The van der Waals surface area contributed by atoms with E-state index in [9.17, 15) is 19.5 Å². The van der Waals surface area contributed by atoms with E-state index in [1.807, 2.05) is 0 Å². The number of nitrogens with zero attached hydrogens (tertiary/aromatic N) is 7. The second kappa shape index (κ2) is 12.7. The van der Waals surface area contributed by atoms with Gasteiger partial charge in [-0.05, 0) is 58.0 Å². The monoisotopic (exact) mass is 677 g/mol. The SMILES string of the molecule is Cn1cc(Cl)c(C[C@H](NC(=O)/C=C/c2cc(Cl)ccc2-n2cnnn2)c2nc(-c3ccc4c(c3)C(C(=O)O)=CC(=O)C4)c(Cl)[nH]2)n1. The van der Waals surface area contributed by atoms with Crippen molar-refractivity contribution in [3.63, 3.8) is 0 Å². The lowest BCUT2D eigenvalue weighted by Crippen LogP contribution is -2.29. The number of rotatable bonds is 9. The van der Waals surface area contributed by atoms with Gasteiger partial charge in [-0.15, -0.1) is 5.10 Å². The van der Waals surface area contributed by atoms with Crippen molar-refractivity contribution in [2.45, 2.75) is 18.9 Å². The third kappa shape index (κ3) is 6.47. The van der Waals surface area contributed by atoms with E-state index in [0.29, 0.717) is 55.2 Å². The zero-order valence-corrected chi connectivity index (χ0v) is 26.0. The number of halogens is 3. The van der Waals surface area contributed by atoms with E-state index in [4.69, 9.17) is 39.8 Å². The first-order chi connectivity index (χ1) is 22.0. The van der Waals surface area contributed by atoms with Crippen LogP contribution in [0.2, 0.25) is 15.2 Å². The van der Waals surface area contributed by atoms with E-state index in [1.54, 1.807) is 60.4 Å². The van der Waals surface area contributed by atoms with Crippen LogP contribution >= 0.6 is 34.8 Å². The lowest BCUT2D eigenvalue weighted by Gasteiger charge is -2.16. The minimum atomic E-state index is -1.22. The molecule has 1 atom stereocenters. The van der Waals surface area contributed by atoms with Gasteiger partial charge >= 0.3 is 5.97 Å². The van der Waals surface area contributed by atoms with Gasteiger partial charge < -0.3 is 15.4 Å². The van der Waals surface area contributed by atoms with E-state index >= 15 is 0 Å². The average Bonchev–Trinajstić information content (AvgIpc) is 3.75. The second-order valence-electron chi connectivity index (χ2n) is 10.3. The number of aromatic amines is 1. The number of carboxylic acid groups (broad SMARTS) is 1. The van der Waals surface area contributed by atoms with E-state index in [0.717, 1.165) is 6.08 Å². The Morgan fingerprint density at radius 3 is 2.72 bits per heavy atom. The molecule has 3 aromatic heterocycles. The molecule has 0 saturated carbocycles. The number of benzene rings is 2. The number of carbonyl (C=O) groups is 3. The van der Waals surface area contributed by atoms with Crippen molar-refractivity contribution in [3.05, 3.63) is 104 Å². The Morgan fingerprint density at radius 1 is 1.17 bits per heavy atom. The number of H-pyrrole nitrogens is 1. The number of aliphatic carboxylic acids is 1. The van der Waals surface area contributed by atoms with Gasteiger partial charge in [-0.25, -0.2) is 9.78 Å². The molecule has 0 aliphatic heterocycles. The molecule has 46 heavy (non-hydrogen) atoms. The summed E-state index contributed by atoms with van der Waals surface area (Å²) in [5.41, 5.74) is 3.44. The molecule has 1 amide bonds. The van der Waals surface area contributed by atoms with Crippen molar-refractivity contribution < 1.29 is 19.5 Å². The molecule has 232 valence electrons. The van der Waals surface area contributed by atoms with Crippen molar-refractivity contribution in [1.82, 2.24) is 45.3 Å². The van der Waals surface area contributed by atoms with Crippen LogP contribution in [0.3, 0.4) is 0 Å². The topological polar surface area (TPSA) is 174 Å². The number of carboxylic acids is 1. The van der Waals surface area contributed by atoms with Crippen molar-refractivity contribution >= 4 is 64.1 Å². The first-order valence-electron chi connectivity index (χ1n) is 13.6. The zero-order chi connectivity index (χ0) is 32.5. The van der Waals surface area contributed by atoms with Crippen LogP contribution in [-0.4, -0.2) is 62.7 Å². The van der Waals surface area contributed by atoms with Gasteiger partial charge in [-0.2, -0.15) is 9.78 Å². The maximum absolute atomic E-state index is 13.3. The molecule has 0 fully saturated rings. The predicted molar refractivity (Wildman–Crippen MR) is 169 cm³/mol. The molecule has 0 radical (unpaired) electrons. The van der Waals surface area contributed by atoms with Crippen LogP contribution in [-0.2, 0) is 34.3 Å². The third-order valence-corrected chi connectivity index (χ3v) is 7.97. The summed E-state index contributed by atoms with van der Waals surface area (Å²) >= 11 is 19.2. The fourth-order valence-corrected chi connectivity index (χ4v) is 5.77. The van der Waals surface area contributed by atoms with Gasteiger partial charge in [0.25, 0.3) is 0 Å². The molecule has 0 unspecified atom stereocenters. The number of fused-ring (bicyclic) bond motifs is 1. The molecule has 0 spiro atoms. The number of carbonyl (C=O) groups excluding carboxylic acids is 2. The molecule has 3 heterocycles. The number of hydrogen-bond donors (Lipinski definition) is 3. The highest BCUT2D eigenvalue weighted by atomic mass is 35.5. The van der Waals surface area contributed by atoms with Gasteiger partial charge in [0.15, 0.2) is 5.78 Å². The summed E-state index contributed by atoms with van der Waals surface area (Å²) in [6.45, 7) is 0. The predicted octanol–water partition coefficient (Wildman–Crippen LogP) is 4.45. The minimum absolute atomic E-state index is 0.0881. The van der Waals surface area contributed by atoms with Crippen LogP contribution in [0.5, 0.6) is 0 Å². The van der Waals surface area contributed by atoms with Crippen molar-refractivity contribution in [2.24, 2.45) is 7.05 Å². The Labute approximate surface area is 275 Å². The summed E-state index contributed by atoms with van der Waals surface area (Å²) < 4.78 is 3.00. The van der Waals surface area contributed by atoms with Crippen LogP contribution in [0, 0.1) is 0 Å². The summed E-state index contributed by atoms with van der Waals surface area (Å²) in [6, 6.07) is 9.34. The van der Waals surface area contributed by atoms with Gasteiger partial charge in [0.1, 0.15) is 23.0 Å². The Hall–Kier alpha value is -5.11. The number of nitrogens with one attached hydrogen (secondary N) is 2. The van der Waals surface area contributed by atoms with Gasteiger partial charge in [0.05, 0.1) is 28.0 Å². The molecule has 3 N–H and O–H groups in total. The maximum Gasteiger partial charge on any atom is 0.336 e. The summed E-state index contributed by atoms with van der Waals surface area (Å²) in [5, 5.41) is 29.3. The number of ketones is 1. The number of allylic oxidation sites excluding steroid dienone is 1. The van der Waals surface area contributed by atoms with E-state index in [2.05, 4.69) is 30.9 Å². The third-order valence-electron chi connectivity index (χ3n) is 7.15. The highest BCUT2D eigenvalue weighted by Gasteiger charge is 2.26. The van der Waals surface area contributed by atoms with Crippen molar-refractivity contribution in [1.29, 1.82) is 0 Å². The standard InChI is InChI=1S/C30H22Cl3N9O4/c1-41-13-22(32)23(38-41)12-24(35-26(44)7-4-16-8-18(31)5-6-25(16)42-14-34-39-40-42)29-36-27(28(33)37-29)17-3-2-15-9-19(43)11-21(30(45)46)20(15)10-17/h2-8,10-11,13-14,24H,9,12H2,1H3,(H,35,44)(H,36,37)(H,45,46)/b7-4+/t24-/m0/s1. The molecule has 5 aromatic rings. The highest BCUT2D eigenvalue weighted by molar-refractivity contribution is 6.32. The van der Waals surface area contributed by atoms with Crippen LogP contribution < -0.4 is 5.32 Å². The van der Waals surface area contributed by atoms with Crippen LogP contribution in [0.15, 0.2) is 61.1 Å². The zero-order valence-electron chi connectivity index (χ0n) is 23.8. The van der Waals surface area contributed by atoms with Gasteiger partial charge in [-0.1, -0.05) is 46.9 Å². The molecule has 0 saturated heterocycles. The average molecular weight is 679 g/mol. The Balaban J connectivity index is 1.32. The fourth-order valence-electron chi connectivity index (χ4n) is 5.09. The molecule has 2 aromatic carbocycles. The van der Waals surface area contributed by atoms with Gasteiger partial charge in [0, 0.05) is 48.3 Å². The van der Waals surface area contributed by atoms with Crippen LogP contribution in [0.1, 0.15) is 34.3 Å². The maximum atomic E-state index is 13.3. The van der Waals surface area contributed by atoms with Gasteiger partial charge in [0.2, 0.25) is 5.91 Å². The lowest BCUT2D eigenvalue weighted by atomic mass is 9.88. The Kier molecular flexibility index (Phi) is 8.54. The largest absolute Gasteiger partial charge is 0.478 e. The second-order valence-corrected chi connectivity index (χ2v) is 11.5. The summed E-state index contributed by atoms with van der Waals surface area (Å²) in [5.74, 6) is -1.67. The number of tetrazole rings is 1. The molecular weight excluding hydrogens is 657 g/mol. The van der Waals surface area contributed by atoms with E-state index < -0.39 is 17.9 Å². The van der Waals surface area contributed by atoms with E-state index in [1.165, 1.54) is 17.1 Å². The van der Waals surface area contributed by atoms with Crippen molar-refractivity contribution in [3.8, 4) is 16.9 Å². The molecule has 1 aliphatic rings. The number of hydrogen-bond acceptors (Lipinski definition) is 8. The molecule has 16 heteroatoms. The molecule has 6 rings (SSSR count). The smallest absolute Gasteiger partial charge is 0.336 e. The first-order valence-corrected chi connectivity index (χ1v) is 14.8. The Bertz CT molecular complexity index is 2070. The number of aryl methyl sites for hydroxylation is 1. The normalized spacial score (nSPS) is 13.5. The van der Waals surface area contributed by atoms with Crippen LogP contribution in [0.4, 0.5) is 0 Å². The van der Waals surface area contributed by atoms with Crippen molar-refractivity contribution in [2.75, 3.05) is 0 Å². The summed E-state index contributed by atoms with van der Waals surface area (Å²) in [4.78, 5) is 45.0. The quantitative estimate of drug-likeness (QED) is 0.190. The Morgan fingerprint density at radius 2 is 2.00 bits per heavy atom. The van der Waals surface area contributed by atoms with Gasteiger partial charge in [-0.3, -0.25) is 14.3 Å². The summed E-state index contributed by atoms with van der Waals surface area (Å²) in [7, 11) is 1.73. The number of aromatic nitrogens is 8. The van der Waals surface area contributed by atoms with Crippen LogP contribution in [0.25, 0.3) is 28.6 Å². The number of amides is 1. The fraction of sp³-hybridized carbons (Fsp3) is 0.133. The lowest BCUT2D eigenvalue weighted by molar-refractivity contribution is -0.130. The molecule has 1 aliphatic carbocycles.